The summed E-state index contributed by atoms with van der Waals surface area (Å²) in [5.41, 5.74) is 1.19. The number of rotatable bonds is 2. The molecule has 0 spiro atoms. The topological polar surface area (TPSA) is 78.2 Å². The van der Waals surface area contributed by atoms with E-state index in [9.17, 15) is 22.8 Å². The molecule has 5 rings (SSSR count). The predicted molar refractivity (Wildman–Crippen MR) is 107 cm³/mol. The molecule has 0 bridgehead atoms. The van der Waals surface area contributed by atoms with Gasteiger partial charge in [-0.25, -0.2) is 13.2 Å². The van der Waals surface area contributed by atoms with Gasteiger partial charge in [0.25, 0.3) is 11.5 Å². The quantitative estimate of drug-likeness (QED) is 0.511. The minimum absolute atomic E-state index is 0.148. The second-order valence-electron chi connectivity index (χ2n) is 7.52. The summed E-state index contributed by atoms with van der Waals surface area (Å²) in [6.45, 7) is 0.318. The molecule has 31 heavy (non-hydrogen) atoms. The van der Waals surface area contributed by atoms with Crippen molar-refractivity contribution < 1.29 is 22.7 Å². The third-order valence-corrected chi connectivity index (χ3v) is 5.64. The number of fused-ring (bicyclic) bond motifs is 4. The van der Waals surface area contributed by atoms with Crippen LogP contribution in [0, 0.1) is 17.5 Å². The van der Waals surface area contributed by atoms with Gasteiger partial charge in [-0.3, -0.25) is 9.59 Å². The number of benzene rings is 2. The summed E-state index contributed by atoms with van der Waals surface area (Å²) in [5.74, 6) is -2.99. The standard InChI is InChI=1S/C22H16F3N3O3/c1-28(22(30)17-5-10-4-14(24)15(25)7-16(10)26-17)19-9-31-8-18-20(19)12-3-2-11(23)6-13(12)21(29)27-18/h2-7,19,26H,8-9H2,1H3,(H,27,29). The molecule has 1 unspecified atom stereocenters. The molecule has 0 fully saturated rings. The van der Waals surface area contributed by atoms with E-state index in [4.69, 9.17) is 4.74 Å². The van der Waals surface area contributed by atoms with Crippen LogP contribution in [-0.2, 0) is 11.3 Å². The van der Waals surface area contributed by atoms with Gasteiger partial charge in [0.15, 0.2) is 11.6 Å². The Hall–Kier alpha value is -3.59. The predicted octanol–water partition coefficient (Wildman–Crippen LogP) is 3.77. The van der Waals surface area contributed by atoms with Crippen molar-refractivity contribution in [3.63, 3.8) is 0 Å². The number of amides is 1. The highest BCUT2D eigenvalue weighted by atomic mass is 19.2. The Balaban J connectivity index is 1.59. The summed E-state index contributed by atoms with van der Waals surface area (Å²) >= 11 is 0. The Morgan fingerprint density at radius 3 is 2.65 bits per heavy atom. The Labute approximate surface area is 173 Å². The molecule has 1 aliphatic heterocycles. The molecule has 1 aliphatic rings. The molecule has 3 heterocycles. The number of aromatic nitrogens is 2. The lowest BCUT2D eigenvalue weighted by Crippen LogP contribution is -2.37. The van der Waals surface area contributed by atoms with Crippen LogP contribution in [0.15, 0.2) is 41.2 Å². The van der Waals surface area contributed by atoms with Crippen LogP contribution in [-0.4, -0.2) is 34.4 Å². The fraction of sp³-hybridized carbons (Fsp3) is 0.182. The largest absolute Gasteiger partial charge is 0.373 e. The molecule has 0 radical (unpaired) electrons. The number of nitrogens with one attached hydrogen (secondary N) is 2. The van der Waals surface area contributed by atoms with Crippen LogP contribution in [0.2, 0.25) is 0 Å². The molecule has 0 aliphatic carbocycles. The van der Waals surface area contributed by atoms with Crippen molar-refractivity contribution in [3.05, 3.63) is 81.2 Å². The van der Waals surface area contributed by atoms with E-state index in [-0.39, 0.29) is 24.3 Å². The average molecular weight is 427 g/mol. The number of hydrogen-bond acceptors (Lipinski definition) is 3. The van der Waals surface area contributed by atoms with Gasteiger partial charge in [0.05, 0.1) is 24.6 Å². The number of ether oxygens (including phenoxy) is 1. The first-order chi connectivity index (χ1) is 14.8. The first-order valence-corrected chi connectivity index (χ1v) is 9.50. The number of pyridine rings is 1. The second kappa shape index (κ2) is 6.98. The second-order valence-corrected chi connectivity index (χ2v) is 7.52. The molecule has 2 aromatic heterocycles. The average Bonchev–Trinajstić information content (AvgIpc) is 3.15. The third kappa shape index (κ3) is 3.09. The van der Waals surface area contributed by atoms with Gasteiger partial charge in [-0.2, -0.15) is 0 Å². The van der Waals surface area contributed by atoms with E-state index in [1.807, 2.05) is 0 Å². The zero-order valence-corrected chi connectivity index (χ0v) is 16.3. The van der Waals surface area contributed by atoms with Crippen LogP contribution in [0.5, 0.6) is 0 Å². The van der Waals surface area contributed by atoms with E-state index in [1.54, 1.807) is 7.05 Å². The Bertz CT molecular complexity index is 1390. The Morgan fingerprint density at radius 2 is 1.84 bits per heavy atom. The smallest absolute Gasteiger partial charge is 0.270 e. The molecule has 9 heteroatoms. The van der Waals surface area contributed by atoms with E-state index in [0.29, 0.717) is 27.5 Å². The van der Waals surface area contributed by atoms with Crippen LogP contribution < -0.4 is 5.56 Å². The minimum Gasteiger partial charge on any atom is -0.373 e. The summed E-state index contributed by atoms with van der Waals surface area (Å²) in [7, 11) is 1.57. The highest BCUT2D eigenvalue weighted by Crippen LogP contribution is 2.34. The number of likely N-dealkylation sites (N-methyl/N-ethyl adjacent to an activating group) is 1. The van der Waals surface area contributed by atoms with Gasteiger partial charge in [-0.1, -0.05) is 6.07 Å². The zero-order chi connectivity index (χ0) is 21.9. The first kappa shape index (κ1) is 19.4. The van der Waals surface area contributed by atoms with Crippen LogP contribution in [0.4, 0.5) is 13.2 Å². The Kier molecular flexibility index (Phi) is 4.37. The van der Waals surface area contributed by atoms with E-state index < -0.39 is 35.0 Å². The highest BCUT2D eigenvalue weighted by Gasteiger charge is 2.31. The van der Waals surface area contributed by atoms with Crippen molar-refractivity contribution in [2.24, 2.45) is 0 Å². The van der Waals surface area contributed by atoms with Crippen molar-refractivity contribution in [1.29, 1.82) is 0 Å². The number of hydrogen-bond donors (Lipinski definition) is 2. The number of halogens is 3. The minimum atomic E-state index is -1.01. The number of nitrogens with zero attached hydrogens (tertiary/aromatic N) is 1. The normalized spacial score (nSPS) is 15.9. The lowest BCUT2D eigenvalue weighted by molar-refractivity contribution is 0.0333. The molecule has 4 aromatic rings. The maximum absolute atomic E-state index is 13.7. The fourth-order valence-electron chi connectivity index (χ4n) is 4.10. The lowest BCUT2D eigenvalue weighted by atomic mass is 9.95. The van der Waals surface area contributed by atoms with Gasteiger partial charge in [-0.05, 0) is 29.7 Å². The van der Waals surface area contributed by atoms with E-state index in [2.05, 4.69) is 9.97 Å². The SMILES string of the molecule is CN(C(=O)c1cc2cc(F)c(F)cc2[nH]1)C1COCc2[nH]c(=O)c3cc(F)ccc3c21. The number of H-pyrrole nitrogens is 2. The van der Waals surface area contributed by atoms with Crippen LogP contribution >= 0.6 is 0 Å². The molecule has 2 aromatic carbocycles. The van der Waals surface area contributed by atoms with E-state index >= 15 is 0 Å². The van der Waals surface area contributed by atoms with Crippen molar-refractivity contribution >= 4 is 27.6 Å². The van der Waals surface area contributed by atoms with Crippen LogP contribution in [0.25, 0.3) is 21.7 Å². The van der Waals surface area contributed by atoms with Gasteiger partial charge in [0.2, 0.25) is 0 Å². The Morgan fingerprint density at radius 1 is 1.06 bits per heavy atom. The van der Waals surface area contributed by atoms with Crippen molar-refractivity contribution in [1.82, 2.24) is 14.9 Å². The summed E-state index contributed by atoms with van der Waals surface area (Å²) in [6, 6.07) is 6.82. The fourth-order valence-corrected chi connectivity index (χ4v) is 4.10. The number of carbonyl (C=O) groups excluding carboxylic acids is 1. The van der Waals surface area contributed by atoms with Gasteiger partial charge < -0.3 is 19.6 Å². The summed E-state index contributed by atoms with van der Waals surface area (Å²) < 4.78 is 46.3. The summed E-state index contributed by atoms with van der Waals surface area (Å²) in [4.78, 5) is 32.5. The molecule has 2 N–H and O–H groups in total. The molecule has 158 valence electrons. The molecule has 0 saturated heterocycles. The monoisotopic (exact) mass is 427 g/mol. The van der Waals surface area contributed by atoms with Gasteiger partial charge in [0.1, 0.15) is 11.5 Å². The maximum atomic E-state index is 13.7. The molecular weight excluding hydrogens is 411 g/mol. The van der Waals surface area contributed by atoms with Gasteiger partial charge in [0, 0.05) is 35.3 Å². The van der Waals surface area contributed by atoms with Crippen molar-refractivity contribution in [2.75, 3.05) is 13.7 Å². The highest BCUT2D eigenvalue weighted by molar-refractivity contribution is 5.98. The third-order valence-electron chi connectivity index (χ3n) is 5.64. The molecule has 1 atom stereocenters. The van der Waals surface area contributed by atoms with Crippen LogP contribution in [0.3, 0.4) is 0 Å². The number of aromatic amines is 2. The number of carbonyl (C=O) groups is 1. The molecule has 1 amide bonds. The summed E-state index contributed by atoms with van der Waals surface area (Å²) in [5, 5.41) is 1.08. The van der Waals surface area contributed by atoms with Crippen molar-refractivity contribution in [2.45, 2.75) is 12.6 Å². The van der Waals surface area contributed by atoms with Crippen LogP contribution in [0.1, 0.15) is 27.8 Å². The van der Waals surface area contributed by atoms with Gasteiger partial charge in [-0.15, -0.1) is 0 Å². The maximum Gasteiger partial charge on any atom is 0.270 e. The van der Waals surface area contributed by atoms with Gasteiger partial charge >= 0.3 is 0 Å². The van der Waals surface area contributed by atoms with E-state index in [1.165, 1.54) is 23.1 Å². The summed E-state index contributed by atoms with van der Waals surface area (Å²) in [6.07, 6.45) is 0. The molecular formula is C22H16F3N3O3. The van der Waals surface area contributed by atoms with E-state index in [0.717, 1.165) is 18.2 Å². The lowest BCUT2D eigenvalue weighted by Gasteiger charge is -2.33. The molecule has 0 saturated carbocycles. The zero-order valence-electron chi connectivity index (χ0n) is 16.3. The van der Waals surface area contributed by atoms with Crippen molar-refractivity contribution in [3.8, 4) is 0 Å². The molecule has 6 nitrogen and oxygen atoms in total. The first-order valence-electron chi connectivity index (χ1n) is 9.50.